The average molecular weight is 453 g/mol. The van der Waals surface area contributed by atoms with Gasteiger partial charge in [0.2, 0.25) is 0 Å². The molecule has 3 aromatic heterocycles. The minimum atomic E-state index is 0.305. The van der Waals surface area contributed by atoms with Crippen molar-refractivity contribution in [1.82, 2.24) is 30.2 Å². The lowest BCUT2D eigenvalue weighted by molar-refractivity contribution is 0.791. The van der Waals surface area contributed by atoms with Gasteiger partial charge in [0.15, 0.2) is 5.82 Å². The van der Waals surface area contributed by atoms with E-state index < -0.39 is 0 Å². The molecule has 1 saturated heterocycles. The van der Waals surface area contributed by atoms with Crippen LogP contribution in [-0.4, -0.2) is 43.3 Å². The third-order valence-corrected chi connectivity index (χ3v) is 6.11. The molecule has 0 radical (unpaired) electrons. The van der Waals surface area contributed by atoms with Gasteiger partial charge in [0, 0.05) is 36.6 Å². The number of anilines is 2. The molecule has 0 spiro atoms. The minimum Gasteiger partial charge on any atom is -0.383 e. The molecule has 1 aliphatic heterocycles. The van der Waals surface area contributed by atoms with Crippen molar-refractivity contribution < 1.29 is 0 Å². The number of halogens is 2. The van der Waals surface area contributed by atoms with Crippen LogP contribution in [0, 0.1) is 0 Å². The second kappa shape index (κ2) is 8.13. The quantitative estimate of drug-likeness (QED) is 0.493. The molecule has 4 aromatic rings. The maximum absolute atomic E-state index is 6.37. The highest BCUT2D eigenvalue weighted by atomic mass is 35.5. The zero-order valence-electron chi connectivity index (χ0n) is 16.4. The second-order valence-corrected chi connectivity index (χ2v) is 8.03. The molecule has 156 valence electrons. The van der Waals surface area contributed by atoms with Gasteiger partial charge < -0.3 is 10.6 Å². The monoisotopic (exact) mass is 452 g/mol. The fourth-order valence-corrected chi connectivity index (χ4v) is 4.05. The van der Waals surface area contributed by atoms with E-state index in [1.807, 2.05) is 24.4 Å². The first-order valence-corrected chi connectivity index (χ1v) is 10.6. The third-order valence-electron chi connectivity index (χ3n) is 5.30. The maximum atomic E-state index is 6.37. The highest BCUT2D eigenvalue weighted by molar-refractivity contribution is 6.43. The van der Waals surface area contributed by atoms with Crippen LogP contribution in [0.4, 0.5) is 11.6 Å². The fourth-order valence-electron chi connectivity index (χ4n) is 3.68. The number of nitrogens with zero attached hydrogens (tertiary/aromatic N) is 7. The first kappa shape index (κ1) is 19.7. The number of hydrogen-bond acceptors (Lipinski definition) is 7. The average Bonchev–Trinajstić information content (AvgIpc) is 3.49. The molecule has 0 unspecified atom stereocenters. The van der Waals surface area contributed by atoms with E-state index in [1.54, 1.807) is 24.4 Å². The van der Waals surface area contributed by atoms with Gasteiger partial charge in [-0.05, 0) is 53.6 Å². The molecule has 8 nitrogen and oxygen atoms in total. The van der Waals surface area contributed by atoms with Crippen molar-refractivity contribution in [3.05, 3.63) is 58.8 Å². The Balaban J connectivity index is 1.53. The molecule has 0 aliphatic carbocycles. The molecule has 10 heteroatoms. The first-order chi connectivity index (χ1) is 15.1. The van der Waals surface area contributed by atoms with E-state index in [0.29, 0.717) is 32.9 Å². The summed E-state index contributed by atoms with van der Waals surface area (Å²) < 4.78 is 1.50. The van der Waals surface area contributed by atoms with E-state index >= 15 is 0 Å². The van der Waals surface area contributed by atoms with Gasteiger partial charge in [-0.25, -0.2) is 9.97 Å². The van der Waals surface area contributed by atoms with Crippen LogP contribution in [0.25, 0.3) is 28.2 Å². The number of pyridine rings is 2. The van der Waals surface area contributed by atoms with Crippen LogP contribution < -0.4 is 10.6 Å². The van der Waals surface area contributed by atoms with E-state index in [1.165, 1.54) is 17.5 Å². The number of benzene rings is 1. The SMILES string of the molecule is Nc1ncc(-c2ccc(N3CCCC3)nc2)cc1-c1nnnn1-c1cccc(Cl)c1Cl. The third kappa shape index (κ3) is 3.68. The molecule has 31 heavy (non-hydrogen) atoms. The molecule has 1 aromatic carbocycles. The van der Waals surface area contributed by atoms with E-state index in [0.717, 1.165) is 30.0 Å². The van der Waals surface area contributed by atoms with E-state index in [-0.39, 0.29) is 0 Å². The summed E-state index contributed by atoms with van der Waals surface area (Å²) >= 11 is 12.5. The van der Waals surface area contributed by atoms with Gasteiger partial charge in [-0.1, -0.05) is 29.3 Å². The van der Waals surface area contributed by atoms with E-state index in [2.05, 4.69) is 30.4 Å². The number of nitrogens with two attached hydrogens (primary N) is 1. The van der Waals surface area contributed by atoms with Crippen LogP contribution in [-0.2, 0) is 0 Å². The highest BCUT2D eigenvalue weighted by Crippen LogP contribution is 2.33. The van der Waals surface area contributed by atoms with Crippen molar-refractivity contribution in [2.24, 2.45) is 0 Å². The lowest BCUT2D eigenvalue weighted by Gasteiger charge is -2.16. The Morgan fingerprint density at radius 2 is 1.74 bits per heavy atom. The standard InChI is InChI=1S/C21H18Cl2N8/c22-16-4-3-5-17(19(16)23)31-21(27-28-29-31)15-10-14(12-26-20(15)24)13-6-7-18(25-11-13)30-8-1-2-9-30/h3-7,10-12H,1-2,8-9H2,(H2,24,26). The number of nitrogen functional groups attached to an aromatic ring is 1. The summed E-state index contributed by atoms with van der Waals surface area (Å²) in [6, 6.07) is 11.2. The lowest BCUT2D eigenvalue weighted by atomic mass is 10.1. The van der Waals surface area contributed by atoms with Gasteiger partial charge in [0.05, 0.1) is 21.3 Å². The van der Waals surface area contributed by atoms with Crippen molar-refractivity contribution in [3.8, 4) is 28.2 Å². The first-order valence-electron chi connectivity index (χ1n) is 9.82. The molecule has 0 atom stereocenters. The van der Waals surface area contributed by atoms with Crippen molar-refractivity contribution >= 4 is 34.8 Å². The molecular weight excluding hydrogens is 435 g/mol. The van der Waals surface area contributed by atoms with Gasteiger partial charge in [-0.3, -0.25) is 0 Å². The van der Waals surface area contributed by atoms with Gasteiger partial charge >= 0.3 is 0 Å². The fraction of sp³-hybridized carbons (Fsp3) is 0.190. The molecule has 1 fully saturated rings. The predicted octanol–water partition coefficient (Wildman–Crippen LogP) is 4.28. The van der Waals surface area contributed by atoms with Crippen LogP contribution >= 0.6 is 23.2 Å². The van der Waals surface area contributed by atoms with Crippen molar-refractivity contribution in [2.75, 3.05) is 23.7 Å². The Hall–Kier alpha value is -3.23. The molecule has 0 amide bonds. The summed E-state index contributed by atoms with van der Waals surface area (Å²) in [6.45, 7) is 2.10. The van der Waals surface area contributed by atoms with E-state index in [9.17, 15) is 0 Å². The van der Waals surface area contributed by atoms with Crippen LogP contribution in [0.2, 0.25) is 10.0 Å². The Kier molecular flexibility index (Phi) is 5.17. The summed E-state index contributed by atoms with van der Waals surface area (Å²) in [5.41, 5.74) is 9.10. The van der Waals surface area contributed by atoms with Gasteiger partial charge in [-0.2, -0.15) is 4.68 Å². The minimum absolute atomic E-state index is 0.305. The number of aromatic nitrogens is 6. The van der Waals surface area contributed by atoms with E-state index in [4.69, 9.17) is 28.9 Å². The van der Waals surface area contributed by atoms with Crippen LogP contribution in [0.15, 0.2) is 48.8 Å². The Morgan fingerprint density at radius 3 is 2.52 bits per heavy atom. The van der Waals surface area contributed by atoms with Crippen molar-refractivity contribution in [3.63, 3.8) is 0 Å². The summed E-state index contributed by atoms with van der Waals surface area (Å²) in [7, 11) is 0. The predicted molar refractivity (Wildman–Crippen MR) is 121 cm³/mol. The normalized spacial score (nSPS) is 13.7. The molecule has 4 heterocycles. The topological polar surface area (TPSA) is 98.6 Å². The van der Waals surface area contributed by atoms with Gasteiger partial charge in [0.25, 0.3) is 0 Å². The zero-order valence-corrected chi connectivity index (χ0v) is 17.9. The molecule has 2 N–H and O–H groups in total. The number of tetrazole rings is 1. The molecule has 1 aliphatic rings. The number of hydrogen-bond donors (Lipinski definition) is 1. The summed E-state index contributed by atoms with van der Waals surface area (Å²) in [5.74, 6) is 1.71. The summed E-state index contributed by atoms with van der Waals surface area (Å²) in [5, 5.41) is 12.8. The molecular formula is C21H18Cl2N8. The van der Waals surface area contributed by atoms with Crippen molar-refractivity contribution in [2.45, 2.75) is 12.8 Å². The van der Waals surface area contributed by atoms with Crippen LogP contribution in [0.5, 0.6) is 0 Å². The Bertz CT molecular complexity index is 1230. The summed E-state index contributed by atoms with van der Waals surface area (Å²) in [4.78, 5) is 11.3. The smallest absolute Gasteiger partial charge is 0.190 e. The zero-order chi connectivity index (χ0) is 21.4. The van der Waals surface area contributed by atoms with Crippen LogP contribution in [0.3, 0.4) is 0 Å². The Labute approximate surface area is 188 Å². The van der Waals surface area contributed by atoms with Gasteiger partial charge in [0.1, 0.15) is 11.6 Å². The highest BCUT2D eigenvalue weighted by Gasteiger charge is 2.19. The molecule has 5 rings (SSSR count). The maximum Gasteiger partial charge on any atom is 0.190 e. The second-order valence-electron chi connectivity index (χ2n) is 7.24. The molecule has 0 saturated carbocycles. The Morgan fingerprint density at radius 1 is 0.935 bits per heavy atom. The van der Waals surface area contributed by atoms with Gasteiger partial charge in [-0.15, -0.1) is 5.10 Å². The molecule has 0 bridgehead atoms. The number of rotatable bonds is 4. The largest absolute Gasteiger partial charge is 0.383 e. The summed E-state index contributed by atoms with van der Waals surface area (Å²) in [6.07, 6.45) is 5.98. The van der Waals surface area contributed by atoms with Crippen molar-refractivity contribution in [1.29, 1.82) is 0 Å². The van der Waals surface area contributed by atoms with Crippen LogP contribution in [0.1, 0.15) is 12.8 Å². The lowest BCUT2D eigenvalue weighted by Crippen LogP contribution is -2.18.